The Morgan fingerprint density at radius 1 is 0.971 bits per heavy atom. The van der Waals surface area contributed by atoms with E-state index in [1.165, 1.54) is 6.07 Å². The molecule has 3 rings (SSSR count). The number of fused-ring (bicyclic) bond motifs is 1. The lowest BCUT2D eigenvalue weighted by Crippen LogP contribution is -2.54. The van der Waals surface area contributed by atoms with Crippen molar-refractivity contribution in [3.63, 3.8) is 0 Å². The number of amides is 4. The molecule has 2 heterocycles. The predicted molar refractivity (Wildman–Crippen MR) is 116 cm³/mol. The zero-order chi connectivity index (χ0) is 24.5. The second-order valence-corrected chi connectivity index (χ2v) is 7.62. The third-order valence-corrected chi connectivity index (χ3v) is 5.22. The smallest absolute Gasteiger partial charge is 0.305 e. The molecule has 1 aromatic rings. The average molecular weight is 477 g/mol. The van der Waals surface area contributed by atoms with Crippen molar-refractivity contribution in [2.24, 2.45) is 0 Å². The number of aliphatic carboxylic acids is 1. The highest BCUT2D eigenvalue weighted by Gasteiger charge is 2.44. The number of piperidine rings is 1. The summed E-state index contributed by atoms with van der Waals surface area (Å²) in [6.45, 7) is 2.39. The lowest BCUT2D eigenvalue weighted by atomic mass is 10.0. The van der Waals surface area contributed by atoms with E-state index in [1.54, 1.807) is 12.1 Å². The Kier molecular flexibility index (Phi) is 9.08. The van der Waals surface area contributed by atoms with Gasteiger partial charge in [0.05, 0.1) is 57.2 Å². The third kappa shape index (κ3) is 6.59. The van der Waals surface area contributed by atoms with E-state index in [-0.39, 0.29) is 37.0 Å². The molecule has 0 aromatic heterocycles. The number of benzene rings is 1. The SMILES string of the molecule is O=C(O)CCOCCOCCOCCNc1ccc2c(c1)C(=O)N(C1CCC(=O)NC1=O)C2=O. The fourth-order valence-corrected chi connectivity index (χ4v) is 3.55. The zero-order valence-corrected chi connectivity index (χ0v) is 18.5. The molecule has 34 heavy (non-hydrogen) atoms. The van der Waals surface area contributed by atoms with E-state index in [2.05, 4.69) is 10.6 Å². The van der Waals surface area contributed by atoms with Crippen LogP contribution in [0.25, 0.3) is 0 Å². The number of carboxylic acid groups (broad SMARTS) is 1. The molecule has 0 bridgehead atoms. The van der Waals surface area contributed by atoms with Gasteiger partial charge < -0.3 is 24.6 Å². The lowest BCUT2D eigenvalue weighted by Gasteiger charge is -2.27. The number of carbonyl (C=O) groups excluding carboxylic acids is 4. The Morgan fingerprint density at radius 3 is 2.29 bits per heavy atom. The molecular weight excluding hydrogens is 450 g/mol. The average Bonchev–Trinajstić information content (AvgIpc) is 3.04. The molecule has 1 aromatic carbocycles. The van der Waals surface area contributed by atoms with Gasteiger partial charge >= 0.3 is 5.97 Å². The molecule has 0 spiro atoms. The van der Waals surface area contributed by atoms with Gasteiger partial charge in [-0.05, 0) is 24.6 Å². The van der Waals surface area contributed by atoms with Crippen LogP contribution in [0, 0.1) is 0 Å². The summed E-state index contributed by atoms with van der Waals surface area (Å²) < 4.78 is 15.9. The summed E-state index contributed by atoms with van der Waals surface area (Å²) in [6, 6.07) is 3.78. The van der Waals surface area contributed by atoms with Crippen LogP contribution in [0.3, 0.4) is 0 Å². The Morgan fingerprint density at radius 2 is 1.62 bits per heavy atom. The van der Waals surface area contributed by atoms with Crippen LogP contribution < -0.4 is 10.6 Å². The highest BCUT2D eigenvalue weighted by atomic mass is 16.5. The number of anilines is 1. The van der Waals surface area contributed by atoms with Crippen LogP contribution in [-0.2, 0) is 28.6 Å². The first kappa shape index (κ1) is 25.3. The van der Waals surface area contributed by atoms with Crippen LogP contribution in [0.4, 0.5) is 5.69 Å². The summed E-state index contributed by atoms with van der Waals surface area (Å²) in [6.07, 6.45) is 0.144. The molecule has 1 unspecified atom stereocenters. The number of imide groups is 2. The quantitative estimate of drug-likeness (QED) is 0.246. The van der Waals surface area contributed by atoms with E-state index < -0.39 is 35.6 Å². The molecule has 1 fully saturated rings. The van der Waals surface area contributed by atoms with Gasteiger partial charge in [0.15, 0.2) is 0 Å². The van der Waals surface area contributed by atoms with E-state index in [0.29, 0.717) is 45.3 Å². The maximum Gasteiger partial charge on any atom is 0.305 e. The first-order valence-corrected chi connectivity index (χ1v) is 10.9. The topological polar surface area (TPSA) is 161 Å². The van der Waals surface area contributed by atoms with E-state index in [0.717, 1.165) is 4.90 Å². The van der Waals surface area contributed by atoms with Gasteiger partial charge in [-0.15, -0.1) is 0 Å². The molecule has 0 radical (unpaired) electrons. The fourth-order valence-electron chi connectivity index (χ4n) is 3.55. The monoisotopic (exact) mass is 477 g/mol. The van der Waals surface area contributed by atoms with Gasteiger partial charge in [0.1, 0.15) is 6.04 Å². The van der Waals surface area contributed by atoms with E-state index in [9.17, 15) is 24.0 Å². The zero-order valence-electron chi connectivity index (χ0n) is 18.5. The highest BCUT2D eigenvalue weighted by molar-refractivity contribution is 6.23. The first-order valence-electron chi connectivity index (χ1n) is 10.9. The maximum atomic E-state index is 12.8. The minimum Gasteiger partial charge on any atom is -0.481 e. The van der Waals surface area contributed by atoms with Crippen molar-refractivity contribution >= 4 is 35.3 Å². The standard InChI is InChI=1S/C22H27N3O9/c26-18-4-3-17(20(29)24-18)25-21(30)15-2-1-14(13-16(15)22(25)31)23-6-8-33-10-12-34-11-9-32-7-5-19(27)28/h1-2,13,17,23H,3-12H2,(H,27,28)(H,24,26,29). The van der Waals surface area contributed by atoms with Crippen LogP contribution in [0.1, 0.15) is 40.0 Å². The van der Waals surface area contributed by atoms with Crippen LogP contribution in [0.15, 0.2) is 18.2 Å². The van der Waals surface area contributed by atoms with Gasteiger partial charge in [0, 0.05) is 18.7 Å². The minimum atomic E-state index is -0.992. The summed E-state index contributed by atoms with van der Waals surface area (Å²) >= 11 is 0. The fraction of sp³-hybridized carbons (Fsp3) is 0.500. The number of hydrogen-bond acceptors (Lipinski definition) is 9. The first-order chi connectivity index (χ1) is 16.4. The molecule has 0 saturated carbocycles. The maximum absolute atomic E-state index is 12.8. The van der Waals surface area contributed by atoms with Crippen molar-refractivity contribution in [1.29, 1.82) is 0 Å². The number of nitrogens with zero attached hydrogens (tertiary/aromatic N) is 1. The Labute approximate surface area is 195 Å². The number of ether oxygens (including phenoxy) is 3. The van der Waals surface area contributed by atoms with E-state index in [4.69, 9.17) is 19.3 Å². The van der Waals surface area contributed by atoms with E-state index >= 15 is 0 Å². The number of carbonyl (C=O) groups is 5. The van der Waals surface area contributed by atoms with Crippen molar-refractivity contribution in [3.8, 4) is 0 Å². The van der Waals surface area contributed by atoms with Crippen LogP contribution in [0.2, 0.25) is 0 Å². The molecule has 184 valence electrons. The summed E-state index contributed by atoms with van der Waals surface area (Å²) in [5.41, 5.74) is 1.06. The molecule has 4 amide bonds. The van der Waals surface area contributed by atoms with Gasteiger partial charge in [0.25, 0.3) is 11.8 Å². The largest absolute Gasteiger partial charge is 0.481 e. The second kappa shape index (κ2) is 12.2. The number of rotatable bonds is 14. The Balaban J connectivity index is 1.36. The van der Waals surface area contributed by atoms with Gasteiger partial charge in [-0.1, -0.05) is 0 Å². The molecule has 2 aliphatic heterocycles. The minimum absolute atomic E-state index is 0.0388. The van der Waals surface area contributed by atoms with Crippen molar-refractivity contribution in [3.05, 3.63) is 29.3 Å². The molecule has 12 heteroatoms. The molecule has 1 atom stereocenters. The number of nitrogens with one attached hydrogen (secondary N) is 2. The molecule has 12 nitrogen and oxygen atoms in total. The van der Waals surface area contributed by atoms with Crippen LogP contribution in [-0.4, -0.2) is 91.8 Å². The number of carboxylic acids is 1. The molecule has 1 saturated heterocycles. The predicted octanol–water partition coefficient (Wildman–Crippen LogP) is 0.0242. The Bertz CT molecular complexity index is 950. The lowest BCUT2D eigenvalue weighted by molar-refractivity contribution is -0.138. The van der Waals surface area contributed by atoms with Crippen molar-refractivity contribution in [1.82, 2.24) is 10.2 Å². The molecule has 2 aliphatic rings. The van der Waals surface area contributed by atoms with Gasteiger partial charge in [-0.25, -0.2) is 0 Å². The van der Waals surface area contributed by atoms with Gasteiger partial charge in [-0.2, -0.15) is 0 Å². The van der Waals surface area contributed by atoms with Gasteiger partial charge in [-0.3, -0.25) is 34.2 Å². The summed E-state index contributed by atoms with van der Waals surface area (Å²) in [5, 5.41) is 13.8. The second-order valence-electron chi connectivity index (χ2n) is 7.62. The van der Waals surface area contributed by atoms with Crippen LogP contribution >= 0.6 is 0 Å². The van der Waals surface area contributed by atoms with Crippen LogP contribution in [0.5, 0.6) is 0 Å². The third-order valence-electron chi connectivity index (χ3n) is 5.22. The Hall–Kier alpha value is -3.35. The van der Waals surface area contributed by atoms with Crippen molar-refractivity contribution in [2.45, 2.75) is 25.3 Å². The summed E-state index contributed by atoms with van der Waals surface area (Å²) in [4.78, 5) is 60.2. The van der Waals surface area contributed by atoms with Crippen molar-refractivity contribution < 1.29 is 43.3 Å². The van der Waals surface area contributed by atoms with Gasteiger partial charge in [0.2, 0.25) is 11.8 Å². The van der Waals surface area contributed by atoms with E-state index in [1.807, 2.05) is 0 Å². The normalized spacial score (nSPS) is 17.6. The molecular formula is C22H27N3O9. The number of hydrogen-bond donors (Lipinski definition) is 3. The molecule has 3 N–H and O–H groups in total. The summed E-state index contributed by atoms with van der Waals surface area (Å²) in [5.74, 6) is -3.07. The summed E-state index contributed by atoms with van der Waals surface area (Å²) in [7, 11) is 0. The van der Waals surface area contributed by atoms with Crippen molar-refractivity contribution in [2.75, 3.05) is 51.5 Å². The molecule has 0 aliphatic carbocycles. The highest BCUT2D eigenvalue weighted by Crippen LogP contribution is 2.29.